The van der Waals surface area contributed by atoms with Crippen LogP contribution in [0, 0.1) is 0 Å². The number of alkyl halides is 1. The summed E-state index contributed by atoms with van der Waals surface area (Å²) < 4.78 is 45.0. The zero-order chi connectivity index (χ0) is 14.2. The van der Waals surface area contributed by atoms with E-state index < -0.39 is 20.1 Å². The Hall–Kier alpha value is 0.590. The summed E-state index contributed by atoms with van der Waals surface area (Å²) in [6, 6.07) is 0. The molecule has 0 rings (SSSR count). The van der Waals surface area contributed by atoms with Gasteiger partial charge in [0.2, 0.25) is 4.86 Å². The van der Waals surface area contributed by atoms with Crippen molar-refractivity contribution in [2.45, 2.75) is 32.6 Å². The zero-order valence-corrected chi connectivity index (χ0v) is 13.7. The van der Waals surface area contributed by atoms with Crippen molar-refractivity contribution in [1.29, 1.82) is 0 Å². The van der Waals surface area contributed by atoms with Crippen LogP contribution >= 0.6 is 26.8 Å². The van der Waals surface area contributed by atoms with Crippen LogP contribution in [0.2, 0.25) is 0 Å². The molecule has 0 N–H and O–H groups in total. The van der Waals surface area contributed by atoms with Crippen LogP contribution in [0.4, 0.5) is 0 Å². The van der Waals surface area contributed by atoms with Gasteiger partial charge < -0.3 is 18.1 Å². The van der Waals surface area contributed by atoms with Crippen molar-refractivity contribution < 1.29 is 27.2 Å². The van der Waals surface area contributed by atoms with Crippen molar-refractivity contribution in [1.82, 2.24) is 0 Å². The molecule has 9 heteroatoms. The molecule has 0 radical (unpaired) electrons. The lowest BCUT2D eigenvalue weighted by Crippen LogP contribution is -2.12. The Labute approximate surface area is 113 Å². The molecule has 0 spiro atoms. The highest BCUT2D eigenvalue weighted by Crippen LogP contribution is 2.71. The fraction of sp³-hybridized carbons (Fsp3) is 1.00. The van der Waals surface area contributed by atoms with Crippen molar-refractivity contribution in [3.05, 3.63) is 0 Å². The summed E-state index contributed by atoms with van der Waals surface area (Å²) in [7, 11) is -7.48. The van der Waals surface area contributed by atoms with Gasteiger partial charge in [-0.3, -0.25) is 9.13 Å². The molecule has 0 bridgehead atoms. The second-order valence-corrected chi connectivity index (χ2v) is 8.74. The standard InChI is InChI=1S/C9H21ClO6P2/c1-5-13-17(11,14-6-2)9(10)18(12,15-7-3)16-8-4/h9H,5-8H2,1-4H3. The molecule has 0 aromatic rings. The fourth-order valence-corrected chi connectivity index (χ4v) is 6.16. The molecule has 6 nitrogen and oxygen atoms in total. The molecule has 110 valence electrons. The van der Waals surface area contributed by atoms with E-state index in [1.807, 2.05) is 0 Å². The van der Waals surface area contributed by atoms with Gasteiger partial charge in [-0.2, -0.15) is 0 Å². The smallest absolute Gasteiger partial charge is 0.307 e. The monoisotopic (exact) mass is 322 g/mol. The van der Waals surface area contributed by atoms with Gasteiger partial charge in [0.15, 0.2) is 0 Å². The van der Waals surface area contributed by atoms with Crippen molar-refractivity contribution in [2.75, 3.05) is 26.4 Å². The maximum atomic E-state index is 12.4. The van der Waals surface area contributed by atoms with Crippen molar-refractivity contribution in [3.8, 4) is 0 Å². The third-order valence-electron chi connectivity index (χ3n) is 1.76. The molecule has 0 unspecified atom stereocenters. The van der Waals surface area contributed by atoms with Crippen LogP contribution in [-0.4, -0.2) is 31.3 Å². The highest BCUT2D eigenvalue weighted by Gasteiger charge is 2.49. The van der Waals surface area contributed by atoms with Crippen LogP contribution in [0.1, 0.15) is 27.7 Å². The van der Waals surface area contributed by atoms with Crippen LogP contribution in [0.15, 0.2) is 0 Å². The Kier molecular flexibility index (Phi) is 8.98. The van der Waals surface area contributed by atoms with Gasteiger partial charge in [-0.05, 0) is 27.7 Å². The number of halogens is 1. The van der Waals surface area contributed by atoms with Gasteiger partial charge in [0.25, 0.3) is 0 Å². The van der Waals surface area contributed by atoms with Gasteiger partial charge in [-0.1, -0.05) is 11.6 Å². The Balaban J connectivity index is 5.18. The Bertz CT molecular complexity index is 274. The summed E-state index contributed by atoms with van der Waals surface area (Å²) in [5, 5.41) is 0. The lowest BCUT2D eigenvalue weighted by molar-refractivity contribution is 0.203. The minimum atomic E-state index is -3.74. The summed E-state index contributed by atoms with van der Waals surface area (Å²) >= 11 is 5.98. The van der Waals surface area contributed by atoms with E-state index in [-0.39, 0.29) is 26.4 Å². The highest BCUT2D eigenvalue weighted by molar-refractivity contribution is 7.75. The minimum Gasteiger partial charge on any atom is -0.307 e. The molecule has 0 saturated heterocycles. The lowest BCUT2D eigenvalue weighted by Gasteiger charge is -2.27. The first-order valence-electron chi connectivity index (χ1n) is 5.81. The third kappa shape index (κ3) is 4.93. The summed E-state index contributed by atoms with van der Waals surface area (Å²) in [5.41, 5.74) is 0. The van der Waals surface area contributed by atoms with Crippen LogP contribution < -0.4 is 0 Å². The van der Waals surface area contributed by atoms with E-state index in [2.05, 4.69) is 0 Å². The average Bonchev–Trinajstić information content (AvgIpc) is 2.29. The normalized spacial score (nSPS) is 13.2. The van der Waals surface area contributed by atoms with E-state index in [1.165, 1.54) is 0 Å². The van der Waals surface area contributed by atoms with Crippen LogP contribution in [0.3, 0.4) is 0 Å². The topological polar surface area (TPSA) is 71.1 Å². The lowest BCUT2D eigenvalue weighted by atomic mass is 10.9. The van der Waals surface area contributed by atoms with Crippen molar-refractivity contribution >= 4 is 26.8 Å². The van der Waals surface area contributed by atoms with Crippen LogP contribution in [-0.2, 0) is 27.2 Å². The Morgan fingerprint density at radius 3 is 1.17 bits per heavy atom. The Morgan fingerprint density at radius 1 is 0.778 bits per heavy atom. The highest BCUT2D eigenvalue weighted by atomic mass is 35.5. The molecular weight excluding hydrogens is 301 g/mol. The first kappa shape index (κ1) is 18.6. The first-order valence-corrected chi connectivity index (χ1v) is 9.47. The predicted molar refractivity (Wildman–Crippen MR) is 71.4 cm³/mol. The SMILES string of the molecule is CCOP(=O)(OCC)C(Cl)P(=O)(OCC)OCC. The van der Waals surface area contributed by atoms with Crippen LogP contribution in [0.25, 0.3) is 0 Å². The average molecular weight is 323 g/mol. The second kappa shape index (κ2) is 8.70. The molecule has 0 saturated carbocycles. The van der Waals surface area contributed by atoms with E-state index >= 15 is 0 Å². The quantitative estimate of drug-likeness (QED) is 0.446. The van der Waals surface area contributed by atoms with E-state index in [0.717, 1.165) is 0 Å². The van der Waals surface area contributed by atoms with E-state index in [0.29, 0.717) is 0 Å². The summed E-state index contributed by atoms with van der Waals surface area (Å²) in [4.78, 5) is -1.47. The van der Waals surface area contributed by atoms with E-state index in [4.69, 9.17) is 29.7 Å². The molecule has 0 amide bonds. The van der Waals surface area contributed by atoms with Gasteiger partial charge in [0.1, 0.15) is 0 Å². The number of hydrogen-bond donors (Lipinski definition) is 0. The molecule has 0 aromatic carbocycles. The van der Waals surface area contributed by atoms with Crippen molar-refractivity contribution in [2.24, 2.45) is 0 Å². The van der Waals surface area contributed by atoms with E-state index in [9.17, 15) is 9.13 Å². The summed E-state index contributed by atoms with van der Waals surface area (Å²) in [5.74, 6) is 0. The van der Waals surface area contributed by atoms with Gasteiger partial charge in [0, 0.05) is 0 Å². The molecule has 0 atom stereocenters. The number of hydrogen-bond acceptors (Lipinski definition) is 6. The predicted octanol–water partition coefficient (Wildman–Crippen LogP) is 4.04. The molecule has 0 fully saturated rings. The molecule has 0 aromatic heterocycles. The molecular formula is C9H21ClO6P2. The first-order chi connectivity index (χ1) is 8.40. The maximum absolute atomic E-state index is 12.4. The van der Waals surface area contributed by atoms with Gasteiger partial charge >= 0.3 is 15.2 Å². The molecule has 0 aliphatic heterocycles. The van der Waals surface area contributed by atoms with Gasteiger partial charge in [0.05, 0.1) is 26.4 Å². The molecule has 0 heterocycles. The van der Waals surface area contributed by atoms with Gasteiger partial charge in [-0.15, -0.1) is 0 Å². The largest absolute Gasteiger partial charge is 0.360 e. The Morgan fingerprint density at radius 2 is 1.00 bits per heavy atom. The summed E-state index contributed by atoms with van der Waals surface area (Å²) in [6.45, 7) is 7.06. The molecule has 0 aliphatic rings. The fourth-order valence-electron chi connectivity index (χ4n) is 1.21. The number of rotatable bonds is 10. The maximum Gasteiger partial charge on any atom is 0.360 e. The third-order valence-corrected chi connectivity index (χ3v) is 8.41. The molecule has 18 heavy (non-hydrogen) atoms. The second-order valence-electron chi connectivity index (χ2n) is 3.06. The van der Waals surface area contributed by atoms with E-state index in [1.54, 1.807) is 27.7 Å². The summed E-state index contributed by atoms with van der Waals surface area (Å²) in [6.07, 6.45) is 0. The molecule has 0 aliphatic carbocycles. The van der Waals surface area contributed by atoms with Gasteiger partial charge in [-0.25, -0.2) is 0 Å². The van der Waals surface area contributed by atoms with Crippen molar-refractivity contribution in [3.63, 3.8) is 0 Å². The van der Waals surface area contributed by atoms with Crippen LogP contribution in [0.5, 0.6) is 0 Å². The zero-order valence-electron chi connectivity index (χ0n) is 11.1. The minimum absolute atomic E-state index is 0.124.